The highest BCUT2D eigenvalue weighted by Crippen LogP contribution is 2.33. The summed E-state index contributed by atoms with van der Waals surface area (Å²) in [6.45, 7) is 2.10. The van der Waals surface area contributed by atoms with E-state index in [4.69, 9.17) is 0 Å². The van der Waals surface area contributed by atoms with E-state index < -0.39 is 11.7 Å². The molecule has 9 heteroatoms. The van der Waals surface area contributed by atoms with Crippen molar-refractivity contribution in [2.75, 3.05) is 5.32 Å². The number of nitrogens with zero attached hydrogens (tertiary/aromatic N) is 4. The quantitative estimate of drug-likeness (QED) is 0.529. The van der Waals surface area contributed by atoms with Gasteiger partial charge in [0.15, 0.2) is 10.9 Å². The molecule has 0 aliphatic carbocycles. The fourth-order valence-corrected chi connectivity index (χ4v) is 3.91. The average molecular weight is 423 g/mol. The predicted molar refractivity (Wildman–Crippen MR) is 113 cm³/mol. The van der Waals surface area contributed by atoms with E-state index in [0.29, 0.717) is 33.1 Å². The minimum absolute atomic E-state index is 0.101. The second-order valence-electron chi connectivity index (χ2n) is 6.53. The minimum atomic E-state index is -0.527. The number of rotatable bonds is 5. The third-order valence-electron chi connectivity index (χ3n) is 4.55. The van der Waals surface area contributed by atoms with E-state index in [-0.39, 0.29) is 11.3 Å². The summed E-state index contributed by atoms with van der Waals surface area (Å²) in [5.41, 5.74) is 0.138. The maximum Gasteiger partial charge on any atom is 0.276 e. The number of amides is 1. The van der Waals surface area contributed by atoms with Crippen LogP contribution in [0.3, 0.4) is 0 Å². The molecule has 30 heavy (non-hydrogen) atoms. The molecule has 0 atom stereocenters. The van der Waals surface area contributed by atoms with Crippen LogP contribution in [0.2, 0.25) is 0 Å². The van der Waals surface area contributed by atoms with Gasteiger partial charge in [-0.2, -0.15) is 5.10 Å². The van der Waals surface area contributed by atoms with Crippen molar-refractivity contribution in [3.8, 4) is 0 Å². The summed E-state index contributed by atoms with van der Waals surface area (Å²) in [5.74, 6) is -1.01. The van der Waals surface area contributed by atoms with Crippen LogP contribution in [-0.4, -0.2) is 25.2 Å². The van der Waals surface area contributed by atoms with Crippen molar-refractivity contribution in [1.29, 1.82) is 0 Å². The molecule has 7 nitrogen and oxygen atoms in total. The lowest BCUT2D eigenvalue weighted by molar-refractivity contribution is 0.102. The Hall–Kier alpha value is -3.46. The largest absolute Gasteiger partial charge is 0.329 e. The number of aryl methyl sites for hydroxylation is 2. The Bertz CT molecular complexity index is 1310. The summed E-state index contributed by atoms with van der Waals surface area (Å²) < 4.78 is 17.0. The Morgan fingerprint density at radius 1 is 1.20 bits per heavy atom. The SMILES string of the molecule is CCn1nc(C(=O)Nc2cc(F)ccc2Sc2nccn2C)c2ccccc2c1=O. The summed E-state index contributed by atoms with van der Waals surface area (Å²) >= 11 is 1.30. The van der Waals surface area contributed by atoms with Crippen molar-refractivity contribution in [3.63, 3.8) is 0 Å². The topological polar surface area (TPSA) is 81.8 Å². The third-order valence-corrected chi connectivity index (χ3v) is 5.70. The van der Waals surface area contributed by atoms with E-state index in [0.717, 1.165) is 0 Å². The van der Waals surface area contributed by atoms with E-state index in [2.05, 4.69) is 15.4 Å². The molecule has 0 saturated carbocycles. The fraction of sp³-hybridized carbons (Fsp3) is 0.143. The first-order valence-electron chi connectivity index (χ1n) is 9.24. The van der Waals surface area contributed by atoms with Crippen molar-refractivity contribution < 1.29 is 9.18 Å². The number of halogens is 1. The molecule has 2 aromatic carbocycles. The molecule has 0 spiro atoms. The second-order valence-corrected chi connectivity index (χ2v) is 7.54. The van der Waals surface area contributed by atoms with E-state index in [1.807, 2.05) is 11.6 Å². The van der Waals surface area contributed by atoms with Gasteiger partial charge >= 0.3 is 0 Å². The molecule has 1 N–H and O–H groups in total. The van der Waals surface area contributed by atoms with Crippen LogP contribution in [0.15, 0.2) is 69.7 Å². The van der Waals surface area contributed by atoms with E-state index >= 15 is 0 Å². The zero-order valence-electron chi connectivity index (χ0n) is 16.3. The molecule has 0 unspecified atom stereocenters. The summed E-state index contributed by atoms with van der Waals surface area (Å²) in [6, 6.07) is 11.0. The van der Waals surface area contributed by atoms with Gasteiger partial charge in [0, 0.05) is 36.3 Å². The highest BCUT2D eigenvalue weighted by molar-refractivity contribution is 7.99. The van der Waals surface area contributed by atoms with Crippen molar-refractivity contribution >= 4 is 34.1 Å². The van der Waals surface area contributed by atoms with Crippen LogP contribution in [-0.2, 0) is 13.6 Å². The number of carbonyl (C=O) groups excluding carboxylic acids is 1. The van der Waals surface area contributed by atoms with Crippen LogP contribution in [0.5, 0.6) is 0 Å². The third kappa shape index (κ3) is 3.71. The Labute approximate surface area is 175 Å². The number of imidazole rings is 1. The van der Waals surface area contributed by atoms with Gasteiger partial charge in [0.1, 0.15) is 5.82 Å². The molecule has 2 aromatic heterocycles. The molecule has 0 aliphatic rings. The van der Waals surface area contributed by atoms with Crippen molar-refractivity contribution in [3.05, 3.63) is 76.7 Å². The van der Waals surface area contributed by atoms with Gasteiger partial charge in [-0.3, -0.25) is 9.59 Å². The smallest absolute Gasteiger partial charge is 0.276 e. The van der Waals surface area contributed by atoms with Crippen molar-refractivity contribution in [1.82, 2.24) is 19.3 Å². The molecular formula is C21H18FN5O2S. The molecule has 4 rings (SSSR count). The molecule has 0 fully saturated rings. The predicted octanol–water partition coefficient (Wildman–Crippen LogP) is 3.69. The van der Waals surface area contributed by atoms with E-state index in [1.165, 1.54) is 28.6 Å². The van der Waals surface area contributed by atoms with E-state index in [9.17, 15) is 14.0 Å². The molecule has 0 bridgehead atoms. The van der Waals surface area contributed by atoms with Gasteiger partial charge in [-0.15, -0.1) is 0 Å². The molecule has 0 saturated heterocycles. The van der Waals surface area contributed by atoms with Crippen molar-refractivity contribution in [2.24, 2.45) is 7.05 Å². The standard InChI is InChI=1S/C21H18FN5O2S/c1-3-27-20(29)15-7-5-4-6-14(15)18(25-27)19(28)24-16-12-13(22)8-9-17(16)30-21-23-10-11-26(21)2/h4-12H,3H2,1-2H3,(H,24,28). The number of benzene rings is 2. The summed E-state index contributed by atoms with van der Waals surface area (Å²) in [4.78, 5) is 30.5. The number of hydrogen-bond donors (Lipinski definition) is 1. The summed E-state index contributed by atoms with van der Waals surface area (Å²) in [7, 11) is 1.85. The first-order chi connectivity index (χ1) is 14.5. The lowest BCUT2D eigenvalue weighted by atomic mass is 10.1. The molecule has 0 radical (unpaired) electrons. The fourth-order valence-electron chi connectivity index (χ4n) is 3.04. The van der Waals surface area contributed by atoms with Gasteiger partial charge in [0.2, 0.25) is 0 Å². The van der Waals surface area contributed by atoms with Crippen molar-refractivity contribution in [2.45, 2.75) is 23.5 Å². The monoisotopic (exact) mass is 423 g/mol. The van der Waals surface area contributed by atoms with E-state index in [1.54, 1.807) is 49.6 Å². The van der Waals surface area contributed by atoms with Gasteiger partial charge in [-0.05, 0) is 43.0 Å². The van der Waals surface area contributed by atoms with Crippen LogP contribution in [0.25, 0.3) is 10.8 Å². The number of hydrogen-bond acceptors (Lipinski definition) is 5. The van der Waals surface area contributed by atoms with Crippen LogP contribution < -0.4 is 10.9 Å². The Morgan fingerprint density at radius 2 is 1.97 bits per heavy atom. The van der Waals surface area contributed by atoms with Gasteiger partial charge in [-0.25, -0.2) is 14.1 Å². The highest BCUT2D eigenvalue weighted by atomic mass is 32.2. The maximum atomic E-state index is 13.9. The highest BCUT2D eigenvalue weighted by Gasteiger charge is 2.18. The van der Waals surface area contributed by atoms with Gasteiger partial charge in [-0.1, -0.05) is 18.2 Å². The van der Waals surface area contributed by atoms with Gasteiger partial charge in [0.25, 0.3) is 11.5 Å². The van der Waals surface area contributed by atoms with Gasteiger partial charge in [0.05, 0.1) is 11.1 Å². The molecule has 0 aliphatic heterocycles. The van der Waals surface area contributed by atoms with Crippen LogP contribution in [0.4, 0.5) is 10.1 Å². The number of carbonyl (C=O) groups is 1. The first-order valence-corrected chi connectivity index (χ1v) is 10.1. The zero-order chi connectivity index (χ0) is 21.3. The maximum absolute atomic E-state index is 13.9. The molecule has 152 valence electrons. The zero-order valence-corrected chi connectivity index (χ0v) is 17.1. The Kier molecular flexibility index (Phi) is 5.37. The first kappa shape index (κ1) is 19.8. The number of anilines is 1. The Morgan fingerprint density at radius 3 is 2.67 bits per heavy atom. The number of fused-ring (bicyclic) bond motifs is 1. The molecule has 2 heterocycles. The normalized spacial score (nSPS) is 11.0. The summed E-state index contributed by atoms with van der Waals surface area (Å²) in [6.07, 6.45) is 3.46. The average Bonchev–Trinajstić information content (AvgIpc) is 3.15. The second kappa shape index (κ2) is 8.11. The number of aromatic nitrogens is 4. The molecule has 4 aromatic rings. The number of nitrogens with one attached hydrogen (secondary N) is 1. The van der Waals surface area contributed by atoms with Crippen LogP contribution in [0, 0.1) is 5.82 Å². The van der Waals surface area contributed by atoms with Crippen LogP contribution >= 0.6 is 11.8 Å². The lowest BCUT2D eigenvalue weighted by Gasteiger charge is -2.13. The minimum Gasteiger partial charge on any atom is -0.329 e. The van der Waals surface area contributed by atoms with Crippen LogP contribution in [0.1, 0.15) is 17.4 Å². The Balaban J connectivity index is 1.75. The molecular weight excluding hydrogens is 405 g/mol. The van der Waals surface area contributed by atoms with Gasteiger partial charge < -0.3 is 9.88 Å². The molecule has 1 amide bonds. The summed E-state index contributed by atoms with van der Waals surface area (Å²) in [5, 5.41) is 8.52. The lowest BCUT2D eigenvalue weighted by Crippen LogP contribution is -2.27.